The molecule has 118 valence electrons. The number of carbonyl (C=O) groups excluding carboxylic acids is 3. The monoisotopic (exact) mass is 323 g/mol. The number of aromatic hydroxyl groups is 1. The Hall–Kier alpha value is -3.68. The lowest BCUT2D eigenvalue weighted by atomic mass is 10.1. The van der Waals surface area contributed by atoms with Gasteiger partial charge in [0.1, 0.15) is 5.65 Å². The van der Waals surface area contributed by atoms with Crippen LogP contribution in [0.2, 0.25) is 0 Å². The molecule has 0 spiro atoms. The molecule has 0 unspecified atom stereocenters. The van der Waals surface area contributed by atoms with Gasteiger partial charge in [0.05, 0.1) is 22.9 Å². The summed E-state index contributed by atoms with van der Waals surface area (Å²) in [5.74, 6) is -2.45. The Balaban J connectivity index is 1.62. The van der Waals surface area contributed by atoms with Gasteiger partial charge in [0.2, 0.25) is 5.88 Å². The SMILES string of the molecule is O=C(ON1C(=O)c2ccccc2C1=O)c1ccc2nc(O)cn2c1. The van der Waals surface area contributed by atoms with Gasteiger partial charge in [0, 0.05) is 6.20 Å². The Morgan fingerprint density at radius 2 is 1.67 bits per heavy atom. The van der Waals surface area contributed by atoms with Gasteiger partial charge in [-0.15, -0.1) is 0 Å². The Labute approximate surface area is 134 Å². The third kappa shape index (κ3) is 2.01. The van der Waals surface area contributed by atoms with E-state index in [1.807, 2.05) is 0 Å². The minimum atomic E-state index is -0.875. The van der Waals surface area contributed by atoms with E-state index in [-0.39, 0.29) is 22.6 Å². The summed E-state index contributed by atoms with van der Waals surface area (Å²) in [6.45, 7) is 0. The molecule has 4 rings (SSSR count). The standard InChI is InChI=1S/C16H9N3O5/c20-13-8-18-7-9(5-6-12(18)17-13)16(23)24-19-14(21)10-3-1-2-4-11(10)15(19)22/h1-8,20H. The number of imide groups is 1. The highest BCUT2D eigenvalue weighted by Gasteiger charge is 2.38. The molecular weight excluding hydrogens is 314 g/mol. The topological polar surface area (TPSA) is 101 Å². The molecule has 0 saturated heterocycles. The molecule has 8 nitrogen and oxygen atoms in total. The summed E-state index contributed by atoms with van der Waals surface area (Å²) in [5, 5.41) is 9.79. The number of hydrogen-bond donors (Lipinski definition) is 1. The zero-order valence-corrected chi connectivity index (χ0v) is 12.0. The lowest BCUT2D eigenvalue weighted by Crippen LogP contribution is -2.32. The van der Waals surface area contributed by atoms with Crippen LogP contribution in [0.25, 0.3) is 5.65 Å². The van der Waals surface area contributed by atoms with Crippen LogP contribution in [0.3, 0.4) is 0 Å². The normalized spacial score (nSPS) is 13.4. The van der Waals surface area contributed by atoms with Gasteiger partial charge >= 0.3 is 5.97 Å². The molecule has 1 N–H and O–H groups in total. The summed E-state index contributed by atoms with van der Waals surface area (Å²) in [6, 6.07) is 9.14. The molecule has 1 aliphatic heterocycles. The average Bonchev–Trinajstić information content (AvgIpc) is 3.07. The zero-order valence-electron chi connectivity index (χ0n) is 12.0. The van der Waals surface area contributed by atoms with Crippen LogP contribution in [-0.4, -0.2) is 37.3 Å². The fraction of sp³-hybridized carbons (Fsp3) is 0. The number of imidazole rings is 1. The lowest BCUT2D eigenvalue weighted by Gasteiger charge is -2.12. The van der Waals surface area contributed by atoms with Gasteiger partial charge in [-0.3, -0.25) is 9.59 Å². The first kappa shape index (κ1) is 13.9. The van der Waals surface area contributed by atoms with E-state index in [4.69, 9.17) is 4.84 Å². The largest absolute Gasteiger partial charge is 0.492 e. The number of pyridine rings is 1. The summed E-state index contributed by atoms with van der Waals surface area (Å²) in [4.78, 5) is 45.3. The van der Waals surface area contributed by atoms with Gasteiger partial charge in [-0.2, -0.15) is 4.98 Å². The van der Waals surface area contributed by atoms with Crippen LogP contribution in [0.5, 0.6) is 5.88 Å². The van der Waals surface area contributed by atoms with Gasteiger partial charge in [-0.25, -0.2) is 4.79 Å². The molecule has 0 bridgehead atoms. The van der Waals surface area contributed by atoms with Crippen LogP contribution in [0.15, 0.2) is 48.8 Å². The maximum absolute atomic E-state index is 12.2. The number of fused-ring (bicyclic) bond motifs is 2. The predicted octanol–water partition coefficient (Wildman–Crippen LogP) is 1.41. The fourth-order valence-electron chi connectivity index (χ4n) is 2.48. The third-order valence-electron chi connectivity index (χ3n) is 3.61. The second-order valence-corrected chi connectivity index (χ2v) is 5.11. The second-order valence-electron chi connectivity index (χ2n) is 5.11. The number of benzene rings is 1. The quantitative estimate of drug-likeness (QED) is 0.716. The summed E-state index contributed by atoms with van der Waals surface area (Å²) in [7, 11) is 0. The summed E-state index contributed by atoms with van der Waals surface area (Å²) in [6.07, 6.45) is 2.69. The van der Waals surface area contributed by atoms with E-state index in [9.17, 15) is 19.5 Å². The van der Waals surface area contributed by atoms with Crippen molar-refractivity contribution in [3.63, 3.8) is 0 Å². The van der Waals surface area contributed by atoms with E-state index in [2.05, 4.69) is 4.98 Å². The number of hydroxylamine groups is 2. The first-order valence-electron chi connectivity index (χ1n) is 6.92. The van der Waals surface area contributed by atoms with Crippen LogP contribution < -0.4 is 0 Å². The van der Waals surface area contributed by atoms with Crippen molar-refractivity contribution in [3.05, 3.63) is 65.5 Å². The molecule has 0 radical (unpaired) electrons. The van der Waals surface area contributed by atoms with E-state index < -0.39 is 17.8 Å². The van der Waals surface area contributed by atoms with Crippen molar-refractivity contribution >= 4 is 23.4 Å². The summed E-state index contributed by atoms with van der Waals surface area (Å²) < 4.78 is 1.42. The number of carbonyl (C=O) groups is 3. The van der Waals surface area contributed by atoms with Gasteiger partial charge in [-0.1, -0.05) is 17.2 Å². The highest BCUT2D eigenvalue weighted by molar-refractivity contribution is 6.21. The maximum Gasteiger partial charge on any atom is 0.365 e. The van der Waals surface area contributed by atoms with Crippen molar-refractivity contribution in [2.24, 2.45) is 0 Å². The van der Waals surface area contributed by atoms with Crippen LogP contribution in [-0.2, 0) is 4.84 Å². The number of amides is 2. The van der Waals surface area contributed by atoms with E-state index in [0.717, 1.165) is 0 Å². The Bertz CT molecular complexity index is 988. The predicted molar refractivity (Wildman–Crippen MR) is 79.2 cm³/mol. The molecule has 2 aromatic heterocycles. The molecule has 8 heteroatoms. The summed E-state index contributed by atoms with van der Waals surface area (Å²) >= 11 is 0. The first-order valence-corrected chi connectivity index (χ1v) is 6.92. The van der Waals surface area contributed by atoms with Gasteiger partial charge in [0.15, 0.2) is 0 Å². The van der Waals surface area contributed by atoms with E-state index in [1.54, 1.807) is 12.1 Å². The third-order valence-corrected chi connectivity index (χ3v) is 3.61. The van der Waals surface area contributed by atoms with Crippen molar-refractivity contribution in [1.82, 2.24) is 14.4 Å². The fourth-order valence-corrected chi connectivity index (χ4v) is 2.48. The summed E-state index contributed by atoms with van der Waals surface area (Å²) in [5.41, 5.74) is 0.900. The smallest absolute Gasteiger partial charge is 0.365 e. The molecule has 0 atom stereocenters. The molecular formula is C16H9N3O5. The van der Waals surface area contributed by atoms with E-state index in [0.29, 0.717) is 10.7 Å². The van der Waals surface area contributed by atoms with Gasteiger partial charge in [0.25, 0.3) is 11.8 Å². The van der Waals surface area contributed by atoms with Crippen molar-refractivity contribution in [3.8, 4) is 5.88 Å². The molecule has 0 aliphatic carbocycles. The molecule has 0 saturated carbocycles. The first-order chi connectivity index (χ1) is 11.5. The average molecular weight is 323 g/mol. The Morgan fingerprint density at radius 3 is 2.33 bits per heavy atom. The molecule has 0 fully saturated rings. The highest BCUT2D eigenvalue weighted by Crippen LogP contribution is 2.23. The number of hydrogen-bond acceptors (Lipinski definition) is 6. The van der Waals surface area contributed by atoms with E-state index >= 15 is 0 Å². The Morgan fingerprint density at radius 1 is 1.00 bits per heavy atom. The molecule has 3 aromatic rings. The lowest BCUT2D eigenvalue weighted by molar-refractivity contribution is -0.0584. The van der Waals surface area contributed by atoms with Crippen molar-refractivity contribution in [2.75, 3.05) is 0 Å². The second kappa shape index (κ2) is 4.92. The van der Waals surface area contributed by atoms with Crippen LogP contribution in [0.1, 0.15) is 31.1 Å². The van der Waals surface area contributed by atoms with Crippen LogP contribution in [0, 0.1) is 0 Å². The highest BCUT2D eigenvalue weighted by atomic mass is 16.7. The van der Waals surface area contributed by atoms with Crippen molar-refractivity contribution in [2.45, 2.75) is 0 Å². The minimum absolute atomic E-state index is 0.0939. The van der Waals surface area contributed by atoms with Gasteiger partial charge < -0.3 is 14.3 Å². The minimum Gasteiger partial charge on any atom is -0.492 e. The van der Waals surface area contributed by atoms with Gasteiger partial charge in [-0.05, 0) is 24.3 Å². The number of nitrogens with zero attached hydrogens (tertiary/aromatic N) is 3. The van der Waals surface area contributed by atoms with Crippen molar-refractivity contribution in [1.29, 1.82) is 0 Å². The van der Waals surface area contributed by atoms with Crippen molar-refractivity contribution < 1.29 is 24.3 Å². The van der Waals surface area contributed by atoms with E-state index in [1.165, 1.54) is 41.1 Å². The molecule has 1 aromatic carbocycles. The molecule has 2 amide bonds. The molecule has 24 heavy (non-hydrogen) atoms. The number of rotatable bonds is 2. The van der Waals surface area contributed by atoms with Crippen LogP contribution >= 0.6 is 0 Å². The Kier molecular flexibility index (Phi) is 2.86. The number of aromatic nitrogens is 2. The zero-order chi connectivity index (χ0) is 16.8. The van der Waals surface area contributed by atoms with Crippen LogP contribution in [0.4, 0.5) is 0 Å². The molecule has 3 heterocycles. The molecule has 1 aliphatic rings. The maximum atomic E-state index is 12.2.